The molecule has 0 aliphatic rings. The number of nitrogens with one attached hydrogen (secondary N) is 1. The Morgan fingerprint density at radius 3 is 2.11 bits per heavy atom. The van der Waals surface area contributed by atoms with Crippen LogP contribution in [0.2, 0.25) is 0 Å². The third-order valence-corrected chi connectivity index (χ3v) is 2.59. The summed E-state index contributed by atoms with van der Waals surface area (Å²) in [6, 6.07) is 11.3. The van der Waals surface area contributed by atoms with Crippen molar-refractivity contribution in [3.63, 3.8) is 0 Å². The van der Waals surface area contributed by atoms with E-state index in [1.54, 1.807) is 30.3 Å². The van der Waals surface area contributed by atoms with E-state index in [0.29, 0.717) is 5.56 Å². The molecule has 0 saturated carbocycles. The van der Waals surface area contributed by atoms with E-state index in [0.717, 1.165) is 11.1 Å². The summed E-state index contributed by atoms with van der Waals surface area (Å²) in [4.78, 5) is 11.3. The molecule has 0 saturated heterocycles. The van der Waals surface area contributed by atoms with Gasteiger partial charge in [0.1, 0.15) is 0 Å². The normalized spacial score (nSPS) is 10.1. The number of rotatable bonds is 2. The number of aromatic hydroxyl groups is 2. The van der Waals surface area contributed by atoms with Crippen molar-refractivity contribution >= 4 is 5.91 Å². The van der Waals surface area contributed by atoms with Gasteiger partial charge in [-0.3, -0.25) is 10.2 Å². The van der Waals surface area contributed by atoms with Crippen LogP contribution in [0.15, 0.2) is 42.5 Å². The zero-order valence-corrected chi connectivity index (χ0v) is 9.42. The van der Waals surface area contributed by atoms with Crippen LogP contribution in [0, 0.1) is 0 Å². The van der Waals surface area contributed by atoms with E-state index in [4.69, 9.17) is 5.84 Å². The second kappa shape index (κ2) is 4.77. The van der Waals surface area contributed by atoms with Crippen molar-refractivity contribution in [2.24, 2.45) is 5.84 Å². The van der Waals surface area contributed by atoms with Crippen molar-refractivity contribution in [1.29, 1.82) is 0 Å². The molecule has 5 nitrogen and oxygen atoms in total. The maximum atomic E-state index is 11.3. The fourth-order valence-electron chi connectivity index (χ4n) is 1.60. The van der Waals surface area contributed by atoms with Crippen molar-refractivity contribution in [3.8, 4) is 22.6 Å². The van der Waals surface area contributed by atoms with Gasteiger partial charge in [0.25, 0.3) is 5.91 Å². The summed E-state index contributed by atoms with van der Waals surface area (Å²) < 4.78 is 0. The minimum Gasteiger partial charge on any atom is -0.504 e. The largest absolute Gasteiger partial charge is 0.504 e. The van der Waals surface area contributed by atoms with Crippen LogP contribution in [-0.2, 0) is 0 Å². The van der Waals surface area contributed by atoms with Crippen molar-refractivity contribution < 1.29 is 15.0 Å². The summed E-state index contributed by atoms with van der Waals surface area (Å²) in [7, 11) is 0. The molecule has 2 aromatic carbocycles. The predicted octanol–water partition coefficient (Wildman–Crippen LogP) is 1.37. The Morgan fingerprint density at radius 1 is 0.944 bits per heavy atom. The van der Waals surface area contributed by atoms with Gasteiger partial charge < -0.3 is 10.2 Å². The van der Waals surface area contributed by atoms with E-state index < -0.39 is 0 Å². The quantitative estimate of drug-likeness (QED) is 0.278. The minimum absolute atomic E-state index is 0.169. The standard InChI is InChI=1S/C13H12N2O3/c14-15-13(18)9-3-1-8(2-4-9)10-5-6-11(16)12(17)7-10/h1-7,16-17H,14H2,(H,15,18). The van der Waals surface area contributed by atoms with Gasteiger partial charge in [-0.2, -0.15) is 0 Å². The van der Waals surface area contributed by atoms with E-state index in [1.807, 2.05) is 5.43 Å². The zero-order valence-electron chi connectivity index (χ0n) is 9.42. The molecule has 0 spiro atoms. The average Bonchev–Trinajstić information content (AvgIpc) is 2.41. The minimum atomic E-state index is -0.366. The number of benzene rings is 2. The Bertz CT molecular complexity index is 579. The van der Waals surface area contributed by atoms with Gasteiger partial charge in [0, 0.05) is 5.56 Å². The Hall–Kier alpha value is -2.53. The number of amides is 1. The van der Waals surface area contributed by atoms with E-state index in [-0.39, 0.29) is 17.4 Å². The van der Waals surface area contributed by atoms with Crippen molar-refractivity contribution in [1.82, 2.24) is 5.43 Å². The molecule has 0 atom stereocenters. The van der Waals surface area contributed by atoms with Gasteiger partial charge >= 0.3 is 0 Å². The fraction of sp³-hybridized carbons (Fsp3) is 0. The molecule has 0 aliphatic heterocycles. The van der Waals surface area contributed by atoms with Gasteiger partial charge in [-0.05, 0) is 35.4 Å². The highest BCUT2D eigenvalue weighted by Gasteiger charge is 2.05. The fourth-order valence-corrected chi connectivity index (χ4v) is 1.60. The number of carbonyl (C=O) groups excluding carboxylic acids is 1. The van der Waals surface area contributed by atoms with Crippen molar-refractivity contribution in [2.45, 2.75) is 0 Å². The topological polar surface area (TPSA) is 95.6 Å². The molecule has 5 heteroatoms. The predicted molar refractivity (Wildman–Crippen MR) is 66.9 cm³/mol. The van der Waals surface area contributed by atoms with Crippen LogP contribution < -0.4 is 11.3 Å². The van der Waals surface area contributed by atoms with Crippen LogP contribution in [0.25, 0.3) is 11.1 Å². The molecular weight excluding hydrogens is 232 g/mol. The lowest BCUT2D eigenvalue weighted by Gasteiger charge is -2.05. The molecule has 92 valence electrons. The average molecular weight is 244 g/mol. The molecule has 0 heterocycles. The van der Waals surface area contributed by atoms with Gasteiger partial charge in [-0.1, -0.05) is 18.2 Å². The lowest BCUT2D eigenvalue weighted by Crippen LogP contribution is -2.29. The van der Waals surface area contributed by atoms with Crippen molar-refractivity contribution in [3.05, 3.63) is 48.0 Å². The number of phenolic OH excluding ortho intramolecular Hbond substituents is 2. The molecule has 0 unspecified atom stereocenters. The van der Waals surface area contributed by atoms with E-state index in [1.165, 1.54) is 12.1 Å². The summed E-state index contributed by atoms with van der Waals surface area (Å²) in [5, 5.41) is 18.6. The first-order valence-electron chi connectivity index (χ1n) is 5.25. The number of hydrogen-bond donors (Lipinski definition) is 4. The van der Waals surface area contributed by atoms with Gasteiger partial charge in [-0.25, -0.2) is 5.84 Å². The summed E-state index contributed by atoms with van der Waals surface area (Å²) in [5.74, 6) is 4.31. The SMILES string of the molecule is NNC(=O)c1ccc(-c2ccc(O)c(O)c2)cc1. The van der Waals surface area contributed by atoms with E-state index in [9.17, 15) is 15.0 Å². The molecular formula is C13H12N2O3. The second-order valence-electron chi connectivity index (χ2n) is 3.75. The molecule has 0 fully saturated rings. The summed E-state index contributed by atoms with van der Waals surface area (Å²) in [5.41, 5.74) is 4.05. The molecule has 2 aromatic rings. The van der Waals surface area contributed by atoms with Crippen LogP contribution in [0.4, 0.5) is 0 Å². The molecule has 2 rings (SSSR count). The molecule has 0 radical (unpaired) electrons. The number of hydrogen-bond acceptors (Lipinski definition) is 4. The van der Waals surface area contributed by atoms with Crippen LogP contribution >= 0.6 is 0 Å². The smallest absolute Gasteiger partial charge is 0.265 e. The number of nitrogens with two attached hydrogens (primary N) is 1. The molecule has 0 aliphatic carbocycles. The third kappa shape index (κ3) is 2.26. The van der Waals surface area contributed by atoms with Crippen LogP contribution in [0.1, 0.15) is 10.4 Å². The van der Waals surface area contributed by atoms with Gasteiger partial charge in [0.15, 0.2) is 11.5 Å². The van der Waals surface area contributed by atoms with E-state index in [2.05, 4.69) is 0 Å². The first kappa shape index (κ1) is 11.9. The Morgan fingerprint density at radius 2 is 1.56 bits per heavy atom. The van der Waals surface area contributed by atoms with Crippen LogP contribution in [0.5, 0.6) is 11.5 Å². The third-order valence-electron chi connectivity index (χ3n) is 2.59. The Kier molecular flexibility index (Phi) is 3.16. The highest BCUT2D eigenvalue weighted by Crippen LogP contribution is 2.30. The highest BCUT2D eigenvalue weighted by atomic mass is 16.3. The number of hydrazine groups is 1. The first-order valence-corrected chi connectivity index (χ1v) is 5.25. The molecule has 5 N–H and O–H groups in total. The summed E-state index contributed by atoms with van der Waals surface area (Å²) in [6.07, 6.45) is 0. The van der Waals surface area contributed by atoms with Crippen LogP contribution in [0.3, 0.4) is 0 Å². The van der Waals surface area contributed by atoms with Crippen LogP contribution in [-0.4, -0.2) is 16.1 Å². The first-order chi connectivity index (χ1) is 8.61. The second-order valence-corrected chi connectivity index (χ2v) is 3.75. The van der Waals surface area contributed by atoms with Crippen molar-refractivity contribution in [2.75, 3.05) is 0 Å². The zero-order chi connectivity index (χ0) is 13.1. The molecule has 0 aromatic heterocycles. The summed E-state index contributed by atoms with van der Waals surface area (Å²) >= 11 is 0. The Labute approximate surface area is 103 Å². The summed E-state index contributed by atoms with van der Waals surface area (Å²) in [6.45, 7) is 0. The monoisotopic (exact) mass is 244 g/mol. The van der Waals surface area contributed by atoms with Gasteiger partial charge in [0.05, 0.1) is 0 Å². The Balaban J connectivity index is 2.34. The molecule has 18 heavy (non-hydrogen) atoms. The lowest BCUT2D eigenvalue weighted by molar-refractivity contribution is 0.0953. The maximum absolute atomic E-state index is 11.3. The number of phenols is 2. The number of nitrogen functional groups attached to an aromatic ring is 1. The lowest BCUT2D eigenvalue weighted by atomic mass is 10.0. The number of carbonyl (C=O) groups is 1. The molecule has 0 bridgehead atoms. The maximum Gasteiger partial charge on any atom is 0.265 e. The van der Waals surface area contributed by atoms with E-state index >= 15 is 0 Å². The highest BCUT2D eigenvalue weighted by molar-refractivity contribution is 5.94. The van der Waals surface area contributed by atoms with Gasteiger partial charge in [-0.15, -0.1) is 0 Å². The van der Waals surface area contributed by atoms with Gasteiger partial charge in [0.2, 0.25) is 0 Å². The molecule has 1 amide bonds.